The summed E-state index contributed by atoms with van der Waals surface area (Å²) in [7, 11) is -1.64. The van der Waals surface area contributed by atoms with E-state index in [1.165, 1.54) is 0 Å². The van der Waals surface area contributed by atoms with E-state index < -0.39 is 22.5 Å². The van der Waals surface area contributed by atoms with Crippen LogP contribution in [0.3, 0.4) is 0 Å². The van der Waals surface area contributed by atoms with Crippen LogP contribution in [-0.4, -0.2) is 32.6 Å². The molecular formula is C12H14O4S. The number of rotatable bonds is 5. The quantitative estimate of drug-likeness (QED) is 0.804. The second-order valence-electron chi connectivity index (χ2n) is 3.84. The van der Waals surface area contributed by atoms with Gasteiger partial charge in [0.1, 0.15) is 5.75 Å². The zero-order chi connectivity index (χ0) is 13.0. The normalized spacial score (nSPS) is 12.1. The third kappa shape index (κ3) is 4.11. The van der Waals surface area contributed by atoms with E-state index in [4.69, 9.17) is 5.11 Å². The second kappa shape index (κ2) is 5.72. The van der Waals surface area contributed by atoms with Crippen molar-refractivity contribution < 1.29 is 18.9 Å². The highest BCUT2D eigenvalue weighted by Crippen LogP contribution is 2.10. The van der Waals surface area contributed by atoms with E-state index in [0.717, 1.165) is 11.1 Å². The third-order valence-electron chi connectivity index (χ3n) is 2.41. The molecule has 0 aliphatic rings. The van der Waals surface area contributed by atoms with Gasteiger partial charge in [-0.15, -0.1) is 0 Å². The minimum atomic E-state index is -1.64. The van der Waals surface area contributed by atoms with Crippen molar-refractivity contribution in [3.05, 3.63) is 34.9 Å². The van der Waals surface area contributed by atoms with Gasteiger partial charge in [-0.1, -0.05) is 12.1 Å². The lowest BCUT2D eigenvalue weighted by molar-refractivity contribution is -0.133. The Kier molecular flexibility index (Phi) is 4.57. The van der Waals surface area contributed by atoms with Crippen molar-refractivity contribution in [3.63, 3.8) is 0 Å². The molecule has 0 bridgehead atoms. The SMILES string of the molecule is Cc1ccc(C(=O)CS(=O)CC(=O)O)cc1C. The molecule has 5 heteroatoms. The number of hydrogen-bond donors (Lipinski definition) is 1. The monoisotopic (exact) mass is 254 g/mol. The predicted molar refractivity (Wildman–Crippen MR) is 65.8 cm³/mol. The Morgan fingerprint density at radius 2 is 1.82 bits per heavy atom. The predicted octanol–water partition coefficient (Wildman–Crippen LogP) is 1.32. The number of carbonyl (C=O) groups excluding carboxylic acids is 1. The highest BCUT2D eigenvalue weighted by Gasteiger charge is 2.13. The van der Waals surface area contributed by atoms with Gasteiger partial charge < -0.3 is 5.11 Å². The number of carboxylic acids is 1. The summed E-state index contributed by atoms with van der Waals surface area (Å²) in [6.45, 7) is 3.83. The van der Waals surface area contributed by atoms with Gasteiger partial charge in [-0.25, -0.2) is 0 Å². The number of Topliss-reactive ketones (excluding diaryl/α,β-unsaturated/α-hetero) is 1. The maximum atomic E-state index is 11.7. The standard InChI is InChI=1S/C12H14O4S/c1-8-3-4-10(5-9(8)2)11(13)6-17(16)7-12(14)15/h3-5H,6-7H2,1-2H3,(H,14,15). The summed E-state index contributed by atoms with van der Waals surface area (Å²) in [4.78, 5) is 22.0. The smallest absolute Gasteiger partial charge is 0.316 e. The first-order valence-corrected chi connectivity index (χ1v) is 6.56. The van der Waals surface area contributed by atoms with E-state index in [0.29, 0.717) is 5.56 Å². The fourth-order valence-corrected chi connectivity index (χ4v) is 2.17. The Morgan fingerprint density at radius 3 is 2.35 bits per heavy atom. The van der Waals surface area contributed by atoms with Crippen LogP contribution in [0.2, 0.25) is 0 Å². The Labute approximate surface area is 102 Å². The maximum Gasteiger partial charge on any atom is 0.316 e. The molecule has 92 valence electrons. The number of aliphatic carboxylic acids is 1. The van der Waals surface area contributed by atoms with Crippen LogP contribution < -0.4 is 0 Å². The van der Waals surface area contributed by atoms with Crippen LogP contribution >= 0.6 is 0 Å². The molecule has 0 aromatic heterocycles. The molecule has 0 heterocycles. The Morgan fingerprint density at radius 1 is 1.18 bits per heavy atom. The van der Waals surface area contributed by atoms with E-state index in [9.17, 15) is 13.8 Å². The summed E-state index contributed by atoms with van der Waals surface area (Å²) in [6.07, 6.45) is 0. The average Bonchev–Trinajstić information content (AvgIpc) is 2.20. The second-order valence-corrected chi connectivity index (χ2v) is 5.30. The van der Waals surface area contributed by atoms with E-state index >= 15 is 0 Å². The summed E-state index contributed by atoms with van der Waals surface area (Å²) >= 11 is 0. The molecule has 0 aliphatic heterocycles. The molecular weight excluding hydrogens is 240 g/mol. The minimum Gasteiger partial charge on any atom is -0.481 e. The van der Waals surface area contributed by atoms with Gasteiger partial charge in [0.15, 0.2) is 5.78 Å². The van der Waals surface area contributed by atoms with Gasteiger partial charge in [0.25, 0.3) is 0 Å². The molecule has 1 N–H and O–H groups in total. The zero-order valence-corrected chi connectivity index (χ0v) is 10.5. The molecule has 4 nitrogen and oxygen atoms in total. The Bertz CT molecular complexity index is 479. The van der Waals surface area contributed by atoms with Crippen LogP contribution in [0.5, 0.6) is 0 Å². The molecule has 0 aliphatic carbocycles. The van der Waals surface area contributed by atoms with Crippen molar-refractivity contribution in [3.8, 4) is 0 Å². The van der Waals surface area contributed by atoms with Crippen LogP contribution in [0.25, 0.3) is 0 Å². The van der Waals surface area contributed by atoms with Gasteiger partial charge in [0.2, 0.25) is 0 Å². The van der Waals surface area contributed by atoms with Crippen molar-refractivity contribution in [1.29, 1.82) is 0 Å². The van der Waals surface area contributed by atoms with Gasteiger partial charge in [0, 0.05) is 16.4 Å². The van der Waals surface area contributed by atoms with Crippen molar-refractivity contribution >= 4 is 22.6 Å². The topological polar surface area (TPSA) is 71.4 Å². The van der Waals surface area contributed by atoms with E-state index in [1.54, 1.807) is 12.1 Å². The Hall–Kier alpha value is -1.49. The lowest BCUT2D eigenvalue weighted by Gasteiger charge is -2.04. The molecule has 0 amide bonds. The molecule has 1 atom stereocenters. The molecule has 1 unspecified atom stereocenters. The summed E-state index contributed by atoms with van der Waals surface area (Å²) in [5.41, 5.74) is 2.54. The largest absolute Gasteiger partial charge is 0.481 e. The first-order valence-electron chi connectivity index (χ1n) is 5.07. The fraction of sp³-hybridized carbons (Fsp3) is 0.333. The summed E-state index contributed by atoms with van der Waals surface area (Å²) in [6, 6.07) is 5.22. The van der Waals surface area contributed by atoms with Crippen LogP contribution in [0.4, 0.5) is 0 Å². The zero-order valence-electron chi connectivity index (χ0n) is 9.73. The number of carboxylic acid groups (broad SMARTS) is 1. The summed E-state index contributed by atoms with van der Waals surface area (Å²) in [5.74, 6) is -2.17. The number of ketones is 1. The van der Waals surface area contributed by atoms with E-state index in [2.05, 4.69) is 0 Å². The van der Waals surface area contributed by atoms with Gasteiger partial charge in [0.05, 0.1) is 5.75 Å². The van der Waals surface area contributed by atoms with Crippen LogP contribution in [-0.2, 0) is 15.6 Å². The van der Waals surface area contributed by atoms with E-state index in [1.807, 2.05) is 19.9 Å². The molecule has 1 aromatic rings. The Balaban J connectivity index is 2.73. The van der Waals surface area contributed by atoms with Crippen molar-refractivity contribution in [2.75, 3.05) is 11.5 Å². The maximum absolute atomic E-state index is 11.7. The summed E-state index contributed by atoms with van der Waals surface area (Å²) < 4.78 is 11.3. The molecule has 0 saturated carbocycles. The highest BCUT2D eigenvalue weighted by molar-refractivity contribution is 7.86. The first-order chi connectivity index (χ1) is 7.90. The fourth-order valence-electron chi connectivity index (χ4n) is 1.33. The molecule has 1 rings (SSSR count). The molecule has 1 aromatic carbocycles. The van der Waals surface area contributed by atoms with Crippen molar-refractivity contribution in [2.45, 2.75) is 13.8 Å². The highest BCUT2D eigenvalue weighted by atomic mass is 32.2. The third-order valence-corrected chi connectivity index (χ3v) is 3.56. The number of benzene rings is 1. The molecule has 17 heavy (non-hydrogen) atoms. The lowest BCUT2D eigenvalue weighted by Crippen LogP contribution is -2.18. The minimum absolute atomic E-state index is 0.241. The van der Waals surface area contributed by atoms with Crippen LogP contribution in [0, 0.1) is 13.8 Å². The van der Waals surface area contributed by atoms with Crippen LogP contribution in [0.1, 0.15) is 21.5 Å². The van der Waals surface area contributed by atoms with E-state index in [-0.39, 0.29) is 11.5 Å². The van der Waals surface area contributed by atoms with Gasteiger partial charge in [-0.05, 0) is 31.0 Å². The van der Waals surface area contributed by atoms with Crippen molar-refractivity contribution in [1.82, 2.24) is 0 Å². The van der Waals surface area contributed by atoms with Gasteiger partial charge in [-0.3, -0.25) is 13.8 Å². The lowest BCUT2D eigenvalue weighted by atomic mass is 10.0. The summed E-state index contributed by atoms with van der Waals surface area (Å²) in [5, 5.41) is 8.44. The van der Waals surface area contributed by atoms with Crippen LogP contribution in [0.15, 0.2) is 18.2 Å². The van der Waals surface area contributed by atoms with Gasteiger partial charge in [-0.2, -0.15) is 0 Å². The van der Waals surface area contributed by atoms with Gasteiger partial charge >= 0.3 is 5.97 Å². The van der Waals surface area contributed by atoms with Crippen molar-refractivity contribution in [2.24, 2.45) is 0 Å². The molecule has 0 spiro atoms. The molecule has 0 saturated heterocycles. The number of aryl methyl sites for hydroxylation is 2. The molecule has 0 fully saturated rings. The molecule has 0 radical (unpaired) electrons. The first kappa shape index (κ1) is 13.6. The number of carbonyl (C=O) groups is 2. The number of hydrogen-bond acceptors (Lipinski definition) is 3. The average molecular weight is 254 g/mol.